The van der Waals surface area contributed by atoms with E-state index in [2.05, 4.69) is 4.98 Å². The average Bonchev–Trinajstić information content (AvgIpc) is 2.75. The van der Waals surface area contributed by atoms with Crippen LogP contribution in [-0.4, -0.2) is 27.4 Å². The lowest BCUT2D eigenvalue weighted by atomic mass is 10.1. The van der Waals surface area contributed by atoms with Gasteiger partial charge in [0.2, 0.25) is 0 Å². The summed E-state index contributed by atoms with van der Waals surface area (Å²) in [7, 11) is -4.50. The molecule has 1 heterocycles. The Hall–Kier alpha value is -2.47. The van der Waals surface area contributed by atoms with Crippen LogP contribution in [0.3, 0.4) is 0 Å². The molecule has 1 aromatic heterocycles. The zero-order chi connectivity index (χ0) is 18.3. The van der Waals surface area contributed by atoms with E-state index in [1.165, 1.54) is 13.1 Å². The number of non-ortho nitro benzene ring substituents is 1. The van der Waals surface area contributed by atoms with E-state index in [-0.39, 0.29) is 17.2 Å². The minimum atomic E-state index is -4.83. The molecule has 130 valence electrons. The Balaban J connectivity index is 2.68. The maximum absolute atomic E-state index is 12.9. The monoisotopic (exact) mass is 365 g/mol. The molecule has 0 saturated carbocycles. The number of benzene rings is 1. The first-order valence-corrected chi connectivity index (χ1v) is 7.85. The highest BCUT2D eigenvalue weighted by Crippen LogP contribution is 2.34. The normalized spacial score (nSPS) is 12.4. The van der Waals surface area contributed by atoms with Gasteiger partial charge in [-0.1, -0.05) is 0 Å². The van der Waals surface area contributed by atoms with Crippen molar-refractivity contribution in [2.75, 3.05) is 0 Å². The smallest absolute Gasteiger partial charge is 0.302 e. The Bertz CT molecular complexity index is 905. The summed E-state index contributed by atoms with van der Waals surface area (Å²) >= 11 is 0. The maximum Gasteiger partial charge on any atom is 0.416 e. The van der Waals surface area contributed by atoms with Crippen LogP contribution in [0.15, 0.2) is 24.4 Å². The van der Waals surface area contributed by atoms with E-state index >= 15 is 0 Å². The van der Waals surface area contributed by atoms with Gasteiger partial charge in [-0.3, -0.25) is 14.7 Å². The predicted octanol–water partition coefficient (Wildman–Crippen LogP) is 2.50. The molecule has 8 nitrogen and oxygen atoms in total. The number of nitro benzene ring substituents is 1. The van der Waals surface area contributed by atoms with Crippen LogP contribution >= 0.6 is 0 Å². The molecule has 2 rings (SSSR count). The first-order valence-electron chi connectivity index (χ1n) is 6.24. The van der Waals surface area contributed by atoms with E-state index in [4.69, 9.17) is 4.55 Å². The molecule has 2 aromatic rings. The molecule has 0 aliphatic carbocycles. The van der Waals surface area contributed by atoms with E-state index in [1.807, 2.05) is 0 Å². The molecule has 1 N–H and O–H groups in total. The van der Waals surface area contributed by atoms with Crippen LogP contribution in [0, 0.1) is 17.0 Å². The van der Waals surface area contributed by atoms with E-state index in [1.54, 1.807) is 0 Å². The zero-order valence-electron chi connectivity index (χ0n) is 12.0. The molecular formula is C12H10F3N3O5S. The van der Waals surface area contributed by atoms with Crippen LogP contribution in [0.25, 0.3) is 5.69 Å². The van der Waals surface area contributed by atoms with Gasteiger partial charge in [-0.15, -0.1) is 0 Å². The number of hydrogen-bond donors (Lipinski definition) is 1. The van der Waals surface area contributed by atoms with Crippen LogP contribution in [0.5, 0.6) is 0 Å². The molecule has 0 bridgehead atoms. The summed E-state index contributed by atoms with van der Waals surface area (Å²) in [5.41, 5.74) is -2.12. The highest BCUT2D eigenvalue weighted by molar-refractivity contribution is 7.84. The van der Waals surface area contributed by atoms with Crippen LogP contribution in [0.2, 0.25) is 0 Å². The fourth-order valence-corrected chi connectivity index (χ4v) is 2.57. The first-order chi connectivity index (χ1) is 10.9. The highest BCUT2D eigenvalue weighted by atomic mass is 32.2. The third-order valence-electron chi connectivity index (χ3n) is 2.93. The lowest BCUT2D eigenvalue weighted by Crippen LogP contribution is -2.11. The van der Waals surface area contributed by atoms with Crippen molar-refractivity contribution in [2.24, 2.45) is 0 Å². The summed E-state index contributed by atoms with van der Waals surface area (Å²) in [6.45, 7) is 1.45. The van der Waals surface area contributed by atoms with Gasteiger partial charge in [-0.05, 0) is 13.0 Å². The van der Waals surface area contributed by atoms with Crippen LogP contribution in [-0.2, 0) is 22.0 Å². The molecule has 0 unspecified atom stereocenters. The van der Waals surface area contributed by atoms with Gasteiger partial charge in [-0.2, -0.15) is 21.6 Å². The molecule has 1 aromatic carbocycles. The van der Waals surface area contributed by atoms with E-state index in [0.717, 1.165) is 10.6 Å². The molecule has 0 fully saturated rings. The van der Waals surface area contributed by atoms with Crippen molar-refractivity contribution in [1.29, 1.82) is 0 Å². The minimum absolute atomic E-state index is 0.258. The van der Waals surface area contributed by atoms with Gasteiger partial charge in [0.1, 0.15) is 11.6 Å². The number of imidazole rings is 1. The molecule has 0 aliphatic rings. The molecule has 0 spiro atoms. The van der Waals surface area contributed by atoms with Gasteiger partial charge in [0, 0.05) is 18.3 Å². The van der Waals surface area contributed by atoms with Gasteiger partial charge >= 0.3 is 6.18 Å². The van der Waals surface area contributed by atoms with Gasteiger partial charge in [0.05, 0.1) is 21.9 Å². The zero-order valence-corrected chi connectivity index (χ0v) is 12.8. The Labute approximate surface area is 133 Å². The summed E-state index contributed by atoms with van der Waals surface area (Å²) in [5.74, 6) is -1.23. The first kappa shape index (κ1) is 17.9. The van der Waals surface area contributed by atoms with Crippen molar-refractivity contribution < 1.29 is 31.1 Å². The number of alkyl halides is 3. The van der Waals surface area contributed by atoms with Crippen molar-refractivity contribution >= 4 is 15.8 Å². The maximum atomic E-state index is 12.9. The largest absolute Gasteiger partial charge is 0.416 e. The number of aryl methyl sites for hydroxylation is 1. The molecule has 0 aliphatic heterocycles. The quantitative estimate of drug-likeness (QED) is 0.506. The topological polar surface area (TPSA) is 115 Å². The van der Waals surface area contributed by atoms with E-state index in [0.29, 0.717) is 12.1 Å². The average molecular weight is 365 g/mol. The summed E-state index contributed by atoms with van der Waals surface area (Å²) in [6.07, 6.45) is -3.63. The summed E-state index contributed by atoms with van der Waals surface area (Å²) in [5, 5.41) is 10.9. The second kappa shape index (κ2) is 5.87. The lowest BCUT2D eigenvalue weighted by molar-refractivity contribution is -0.385. The second-order valence-electron chi connectivity index (χ2n) is 4.89. The third kappa shape index (κ3) is 4.08. The fraction of sp³-hybridized carbons (Fsp3) is 0.250. The summed E-state index contributed by atoms with van der Waals surface area (Å²) in [4.78, 5) is 13.7. The Morgan fingerprint density at radius 2 is 1.96 bits per heavy atom. The van der Waals surface area contributed by atoms with Crippen LogP contribution < -0.4 is 0 Å². The van der Waals surface area contributed by atoms with E-state index < -0.39 is 38.2 Å². The van der Waals surface area contributed by atoms with Gasteiger partial charge in [0.15, 0.2) is 0 Å². The van der Waals surface area contributed by atoms with Crippen LogP contribution in [0.4, 0.5) is 18.9 Å². The number of rotatable bonds is 4. The number of hydrogen-bond acceptors (Lipinski definition) is 5. The SMILES string of the molecule is Cc1cn(-c2cc([N+](=O)[O-])cc(C(F)(F)F)c2)c(CS(=O)(=O)O)n1. The van der Waals surface area contributed by atoms with Crippen molar-refractivity contribution in [1.82, 2.24) is 9.55 Å². The fourth-order valence-electron chi connectivity index (χ4n) is 2.04. The molecular weight excluding hydrogens is 355 g/mol. The van der Waals surface area contributed by atoms with Crippen molar-refractivity contribution in [3.8, 4) is 5.69 Å². The molecule has 24 heavy (non-hydrogen) atoms. The molecule has 0 atom stereocenters. The number of nitrogens with zero attached hydrogens (tertiary/aromatic N) is 3. The van der Waals surface area contributed by atoms with Crippen molar-refractivity contribution in [3.63, 3.8) is 0 Å². The Kier molecular flexibility index (Phi) is 4.37. The Morgan fingerprint density at radius 1 is 1.33 bits per heavy atom. The molecule has 0 radical (unpaired) electrons. The van der Waals surface area contributed by atoms with Crippen molar-refractivity contribution in [3.05, 3.63) is 51.6 Å². The molecule has 0 saturated heterocycles. The third-order valence-corrected chi connectivity index (χ3v) is 3.55. The summed E-state index contributed by atoms with van der Waals surface area (Å²) < 4.78 is 70.6. The lowest BCUT2D eigenvalue weighted by Gasteiger charge is -2.11. The highest BCUT2D eigenvalue weighted by Gasteiger charge is 2.33. The second-order valence-corrected chi connectivity index (χ2v) is 6.34. The number of nitro groups is 1. The Morgan fingerprint density at radius 3 is 2.46 bits per heavy atom. The minimum Gasteiger partial charge on any atom is -0.302 e. The van der Waals surface area contributed by atoms with Gasteiger partial charge in [0.25, 0.3) is 15.8 Å². The van der Waals surface area contributed by atoms with Crippen LogP contribution in [0.1, 0.15) is 17.1 Å². The summed E-state index contributed by atoms with van der Waals surface area (Å²) in [6, 6.07) is 1.85. The van der Waals surface area contributed by atoms with E-state index in [9.17, 15) is 31.7 Å². The molecule has 12 heteroatoms. The van der Waals surface area contributed by atoms with Crippen molar-refractivity contribution in [2.45, 2.75) is 18.9 Å². The molecule has 0 amide bonds. The number of halogens is 3. The number of aromatic nitrogens is 2. The van der Waals surface area contributed by atoms with Gasteiger partial charge < -0.3 is 4.57 Å². The van der Waals surface area contributed by atoms with Gasteiger partial charge in [-0.25, -0.2) is 4.98 Å². The standard InChI is InChI=1S/C12H10F3N3O5S/c1-7-5-17(11(16-7)6-24(21,22)23)9-2-8(12(13,14)15)3-10(4-9)18(19)20/h2-5H,6H2,1H3,(H,21,22,23). The predicted molar refractivity (Wildman–Crippen MR) is 75.2 cm³/mol.